The maximum Gasteiger partial charge on any atom is 0.317 e. The molecule has 8 heteroatoms. The number of urea groups is 1. The highest BCUT2D eigenvalue weighted by molar-refractivity contribution is 5.94. The highest BCUT2D eigenvalue weighted by atomic mass is 19.1. The van der Waals surface area contributed by atoms with Crippen molar-refractivity contribution in [3.63, 3.8) is 0 Å². The molecule has 6 nitrogen and oxygen atoms in total. The van der Waals surface area contributed by atoms with Crippen molar-refractivity contribution in [3.8, 4) is 0 Å². The molecule has 2 heterocycles. The van der Waals surface area contributed by atoms with Crippen LogP contribution < -0.4 is 5.32 Å². The summed E-state index contributed by atoms with van der Waals surface area (Å²) in [5, 5.41) is 2.98. The van der Waals surface area contributed by atoms with Crippen molar-refractivity contribution in [3.05, 3.63) is 35.4 Å². The van der Waals surface area contributed by atoms with Gasteiger partial charge in [-0.3, -0.25) is 4.79 Å². The lowest BCUT2D eigenvalue weighted by atomic mass is 9.97. The maximum atomic E-state index is 14.0. The van der Waals surface area contributed by atoms with Crippen LogP contribution in [0, 0.1) is 11.6 Å². The number of nitrogens with zero attached hydrogens (tertiary/aromatic N) is 2. The van der Waals surface area contributed by atoms with Crippen molar-refractivity contribution < 1.29 is 23.1 Å². The normalized spacial score (nSPS) is 18.5. The molecule has 1 N–H and O–H groups in total. The Morgan fingerprint density at radius 1 is 1.14 bits per heavy atom. The standard InChI is InChI=1S/C21H29F2N3O3/c1-2-9-24-21(28)26(17-7-12-29-13-8-17)16-5-10-25(11-6-16)20(27)18-4-3-15(22)14-19(18)23/h3-4,14,16-17H,2,5-13H2,1H3,(H,24,28). The topological polar surface area (TPSA) is 61.9 Å². The molecule has 0 spiro atoms. The molecule has 2 aliphatic rings. The second kappa shape index (κ2) is 10.0. The van der Waals surface area contributed by atoms with Gasteiger partial charge in [0.1, 0.15) is 11.6 Å². The molecule has 1 aromatic carbocycles. The molecular formula is C21H29F2N3O3. The third kappa shape index (κ3) is 5.23. The van der Waals surface area contributed by atoms with Crippen LogP contribution in [-0.4, -0.2) is 66.7 Å². The second-order valence-electron chi connectivity index (χ2n) is 7.63. The highest BCUT2D eigenvalue weighted by Gasteiger charge is 2.35. The van der Waals surface area contributed by atoms with Gasteiger partial charge in [0.05, 0.1) is 5.56 Å². The van der Waals surface area contributed by atoms with Crippen LogP contribution in [0.5, 0.6) is 0 Å². The number of ether oxygens (including phenoxy) is 1. The molecule has 0 aromatic heterocycles. The van der Waals surface area contributed by atoms with E-state index in [-0.39, 0.29) is 23.7 Å². The van der Waals surface area contributed by atoms with Crippen LogP contribution in [0.15, 0.2) is 18.2 Å². The summed E-state index contributed by atoms with van der Waals surface area (Å²) in [4.78, 5) is 29.0. The zero-order valence-electron chi connectivity index (χ0n) is 16.8. The van der Waals surface area contributed by atoms with Crippen molar-refractivity contribution in [2.45, 2.75) is 51.1 Å². The van der Waals surface area contributed by atoms with E-state index in [9.17, 15) is 18.4 Å². The maximum absolute atomic E-state index is 14.0. The number of benzene rings is 1. The zero-order valence-corrected chi connectivity index (χ0v) is 16.8. The average molecular weight is 409 g/mol. The summed E-state index contributed by atoms with van der Waals surface area (Å²) in [5.74, 6) is -1.99. The smallest absolute Gasteiger partial charge is 0.317 e. The molecule has 29 heavy (non-hydrogen) atoms. The van der Waals surface area contributed by atoms with Gasteiger partial charge in [0.2, 0.25) is 0 Å². The first-order valence-electron chi connectivity index (χ1n) is 10.4. The monoisotopic (exact) mass is 409 g/mol. The summed E-state index contributed by atoms with van der Waals surface area (Å²) in [6.45, 7) is 4.78. The van der Waals surface area contributed by atoms with Gasteiger partial charge >= 0.3 is 6.03 Å². The number of nitrogens with one attached hydrogen (secondary N) is 1. The largest absolute Gasteiger partial charge is 0.381 e. The molecule has 0 radical (unpaired) electrons. The van der Waals surface area contributed by atoms with Gasteiger partial charge in [0, 0.05) is 51.0 Å². The molecule has 2 fully saturated rings. The van der Waals surface area contributed by atoms with Gasteiger partial charge in [0.25, 0.3) is 5.91 Å². The molecule has 0 saturated carbocycles. The number of carbonyl (C=O) groups is 2. The highest BCUT2D eigenvalue weighted by Crippen LogP contribution is 2.25. The van der Waals surface area contributed by atoms with Crippen LogP contribution in [0.25, 0.3) is 0 Å². The molecule has 1 aromatic rings. The fraction of sp³-hybridized carbons (Fsp3) is 0.619. The molecule has 0 atom stereocenters. The molecule has 0 aliphatic carbocycles. The Hall–Kier alpha value is -2.22. The quantitative estimate of drug-likeness (QED) is 0.813. The Labute approximate surface area is 170 Å². The zero-order chi connectivity index (χ0) is 20.8. The molecule has 0 unspecified atom stereocenters. The Morgan fingerprint density at radius 2 is 1.79 bits per heavy atom. The first-order chi connectivity index (χ1) is 14.0. The Morgan fingerprint density at radius 3 is 2.41 bits per heavy atom. The van der Waals surface area contributed by atoms with Crippen molar-refractivity contribution in [2.24, 2.45) is 0 Å². The molecule has 3 rings (SSSR count). The van der Waals surface area contributed by atoms with E-state index >= 15 is 0 Å². The van der Waals surface area contributed by atoms with E-state index in [0.717, 1.165) is 31.4 Å². The first-order valence-corrected chi connectivity index (χ1v) is 10.4. The van der Waals surface area contributed by atoms with Crippen molar-refractivity contribution in [1.82, 2.24) is 15.1 Å². The summed E-state index contributed by atoms with van der Waals surface area (Å²) in [7, 11) is 0. The van der Waals surface area contributed by atoms with Crippen LogP contribution in [0.1, 0.15) is 49.4 Å². The van der Waals surface area contributed by atoms with Crippen LogP contribution in [0.3, 0.4) is 0 Å². The second-order valence-corrected chi connectivity index (χ2v) is 7.63. The lowest BCUT2D eigenvalue weighted by Crippen LogP contribution is -2.56. The fourth-order valence-electron chi connectivity index (χ4n) is 4.10. The Bertz CT molecular complexity index is 717. The van der Waals surface area contributed by atoms with Crippen molar-refractivity contribution in [1.29, 1.82) is 0 Å². The number of hydrogen-bond donors (Lipinski definition) is 1. The van der Waals surface area contributed by atoms with Gasteiger partial charge in [-0.25, -0.2) is 13.6 Å². The van der Waals surface area contributed by atoms with E-state index in [1.807, 2.05) is 11.8 Å². The third-order valence-corrected chi connectivity index (χ3v) is 5.65. The number of carbonyl (C=O) groups excluding carboxylic acids is 2. The molecular weight excluding hydrogens is 380 g/mol. The van der Waals surface area contributed by atoms with Gasteiger partial charge in [-0.2, -0.15) is 0 Å². The summed E-state index contributed by atoms with van der Waals surface area (Å²) >= 11 is 0. The van der Waals surface area contributed by atoms with Crippen molar-refractivity contribution in [2.75, 3.05) is 32.8 Å². The molecule has 160 valence electrons. The van der Waals surface area contributed by atoms with Gasteiger partial charge in [-0.15, -0.1) is 0 Å². The van der Waals surface area contributed by atoms with Crippen LogP contribution in [0.4, 0.5) is 13.6 Å². The van der Waals surface area contributed by atoms with Crippen LogP contribution in [-0.2, 0) is 4.74 Å². The number of rotatable bonds is 5. The predicted molar refractivity (Wildman–Crippen MR) is 105 cm³/mol. The number of likely N-dealkylation sites (tertiary alicyclic amines) is 1. The minimum absolute atomic E-state index is 0.0251. The molecule has 3 amide bonds. The van der Waals surface area contributed by atoms with Crippen molar-refractivity contribution >= 4 is 11.9 Å². The SMILES string of the molecule is CCCNC(=O)N(C1CCOCC1)C1CCN(C(=O)c2ccc(F)cc2F)CC1. The number of halogens is 2. The average Bonchev–Trinajstić information content (AvgIpc) is 2.73. The van der Waals surface area contributed by atoms with E-state index in [2.05, 4.69) is 5.32 Å². The van der Waals surface area contributed by atoms with E-state index in [1.54, 1.807) is 4.90 Å². The number of piperidine rings is 1. The Balaban J connectivity index is 1.65. The summed E-state index contributed by atoms with van der Waals surface area (Å²) < 4.78 is 32.5. The first kappa shape index (κ1) is 21.5. The molecule has 0 bridgehead atoms. The third-order valence-electron chi connectivity index (χ3n) is 5.65. The lowest BCUT2D eigenvalue weighted by molar-refractivity contribution is 0.0209. The summed E-state index contributed by atoms with van der Waals surface area (Å²) in [6.07, 6.45) is 3.74. The van der Waals surface area contributed by atoms with E-state index in [4.69, 9.17) is 4.74 Å². The van der Waals surface area contributed by atoms with Crippen LogP contribution in [0.2, 0.25) is 0 Å². The summed E-state index contributed by atoms with van der Waals surface area (Å²) in [6, 6.07) is 3.09. The molecule has 2 aliphatic heterocycles. The minimum Gasteiger partial charge on any atom is -0.381 e. The van der Waals surface area contributed by atoms with Crippen LogP contribution >= 0.6 is 0 Å². The van der Waals surface area contributed by atoms with Gasteiger partial charge in [-0.05, 0) is 44.2 Å². The fourth-order valence-corrected chi connectivity index (χ4v) is 4.10. The van der Waals surface area contributed by atoms with E-state index in [0.29, 0.717) is 45.7 Å². The van der Waals surface area contributed by atoms with E-state index in [1.165, 1.54) is 6.07 Å². The molecule has 2 saturated heterocycles. The predicted octanol–water partition coefficient (Wildman–Crippen LogP) is 3.17. The summed E-state index contributed by atoms with van der Waals surface area (Å²) in [5.41, 5.74) is -0.119. The lowest BCUT2D eigenvalue weighted by Gasteiger charge is -2.43. The Kier molecular flexibility index (Phi) is 7.41. The number of hydrogen-bond acceptors (Lipinski definition) is 3. The van der Waals surface area contributed by atoms with E-state index < -0.39 is 17.5 Å². The number of amides is 3. The minimum atomic E-state index is -0.847. The van der Waals surface area contributed by atoms with Gasteiger partial charge < -0.3 is 19.9 Å². The van der Waals surface area contributed by atoms with Gasteiger partial charge in [-0.1, -0.05) is 6.92 Å². The van der Waals surface area contributed by atoms with Gasteiger partial charge in [0.15, 0.2) is 0 Å².